The van der Waals surface area contributed by atoms with Gasteiger partial charge in [-0.1, -0.05) is 17.9 Å². The fourth-order valence-corrected chi connectivity index (χ4v) is 2.99. The second kappa shape index (κ2) is 6.85. The molecule has 1 N–H and O–H groups in total. The highest BCUT2D eigenvalue weighted by atomic mass is 16.5. The first-order valence-electron chi connectivity index (χ1n) is 7.95. The number of hydrogen-bond donors (Lipinski definition) is 1. The molecular formula is C18H18N2O4. The molecule has 124 valence electrons. The summed E-state index contributed by atoms with van der Waals surface area (Å²) in [6.07, 6.45) is 0.604. The number of hydrogen-bond acceptors (Lipinski definition) is 4. The van der Waals surface area contributed by atoms with E-state index in [-0.39, 0.29) is 18.2 Å². The van der Waals surface area contributed by atoms with Crippen LogP contribution in [0.3, 0.4) is 0 Å². The van der Waals surface area contributed by atoms with E-state index in [0.717, 1.165) is 11.1 Å². The zero-order valence-corrected chi connectivity index (χ0v) is 13.4. The normalized spacial score (nSPS) is 19.6. The van der Waals surface area contributed by atoms with Crippen LogP contribution in [0.15, 0.2) is 18.2 Å². The molecule has 3 rings (SSSR count). The summed E-state index contributed by atoms with van der Waals surface area (Å²) in [6.45, 7) is 3.17. The average molecular weight is 326 g/mol. The third-order valence-corrected chi connectivity index (χ3v) is 4.18. The van der Waals surface area contributed by atoms with Crippen LogP contribution < -0.4 is 5.32 Å². The predicted molar refractivity (Wildman–Crippen MR) is 85.9 cm³/mol. The second-order valence-corrected chi connectivity index (χ2v) is 5.67. The highest BCUT2D eigenvalue weighted by Crippen LogP contribution is 2.29. The van der Waals surface area contributed by atoms with Gasteiger partial charge in [-0.2, -0.15) is 0 Å². The Kier molecular flexibility index (Phi) is 4.63. The summed E-state index contributed by atoms with van der Waals surface area (Å²) in [7, 11) is 0. The van der Waals surface area contributed by atoms with Crippen molar-refractivity contribution >= 4 is 17.7 Å². The molecule has 24 heavy (non-hydrogen) atoms. The lowest BCUT2D eigenvalue weighted by atomic mass is 10.0. The van der Waals surface area contributed by atoms with E-state index in [4.69, 9.17) is 4.74 Å². The van der Waals surface area contributed by atoms with Crippen LogP contribution in [-0.2, 0) is 20.9 Å². The van der Waals surface area contributed by atoms with Gasteiger partial charge in [-0.15, -0.1) is 0 Å². The van der Waals surface area contributed by atoms with E-state index in [0.29, 0.717) is 31.7 Å². The minimum Gasteiger partial charge on any atom is -0.369 e. The molecule has 1 saturated heterocycles. The standard InChI is InChI=1S/C18H18N2O4/c1-2-24-10-4-6-12-5-3-7-13-14(12)11-20(18(13)23)15-8-9-16(21)19-17(15)22/h3,5,7,15H,2,8-11H2,1H3,(H,19,21,22). The maximum atomic E-state index is 12.6. The average Bonchev–Trinajstić information content (AvgIpc) is 2.89. The van der Waals surface area contributed by atoms with E-state index >= 15 is 0 Å². The summed E-state index contributed by atoms with van der Waals surface area (Å²) in [6, 6.07) is 4.79. The molecule has 1 aromatic carbocycles. The van der Waals surface area contributed by atoms with Gasteiger partial charge in [0.2, 0.25) is 11.8 Å². The number of imide groups is 1. The van der Waals surface area contributed by atoms with Gasteiger partial charge in [0.15, 0.2) is 0 Å². The molecule has 3 amide bonds. The van der Waals surface area contributed by atoms with Crippen LogP contribution in [0.4, 0.5) is 0 Å². The third-order valence-electron chi connectivity index (χ3n) is 4.18. The fourth-order valence-electron chi connectivity index (χ4n) is 2.99. The number of carbonyl (C=O) groups is 3. The molecule has 1 aromatic rings. The lowest BCUT2D eigenvalue weighted by Gasteiger charge is -2.29. The molecule has 2 heterocycles. The molecule has 6 nitrogen and oxygen atoms in total. The van der Waals surface area contributed by atoms with E-state index < -0.39 is 11.9 Å². The van der Waals surface area contributed by atoms with Gasteiger partial charge in [0, 0.05) is 30.7 Å². The second-order valence-electron chi connectivity index (χ2n) is 5.67. The number of ether oxygens (including phenoxy) is 1. The molecule has 1 fully saturated rings. The maximum absolute atomic E-state index is 12.6. The van der Waals surface area contributed by atoms with Crippen LogP contribution in [0, 0.1) is 11.8 Å². The van der Waals surface area contributed by atoms with Crippen LogP contribution >= 0.6 is 0 Å². The SMILES string of the molecule is CCOCC#Cc1cccc2c1CN(C1CCC(=O)NC1=O)C2=O. The summed E-state index contributed by atoms with van der Waals surface area (Å²) in [4.78, 5) is 37.5. The summed E-state index contributed by atoms with van der Waals surface area (Å²) < 4.78 is 5.20. The Balaban J connectivity index is 1.83. The molecule has 0 radical (unpaired) electrons. The van der Waals surface area contributed by atoms with E-state index in [9.17, 15) is 14.4 Å². The molecule has 2 aliphatic rings. The molecule has 0 spiro atoms. The smallest absolute Gasteiger partial charge is 0.255 e. The number of benzene rings is 1. The summed E-state index contributed by atoms with van der Waals surface area (Å²) in [5.74, 6) is 5.08. The van der Waals surface area contributed by atoms with Gasteiger partial charge in [-0.3, -0.25) is 19.7 Å². The Morgan fingerprint density at radius 1 is 1.33 bits per heavy atom. The van der Waals surface area contributed by atoms with Crippen LogP contribution in [0.2, 0.25) is 0 Å². The van der Waals surface area contributed by atoms with Gasteiger partial charge in [0.05, 0.1) is 0 Å². The fraction of sp³-hybridized carbons (Fsp3) is 0.389. The Bertz CT molecular complexity index is 760. The highest BCUT2D eigenvalue weighted by Gasteiger charge is 2.39. The number of nitrogens with one attached hydrogen (secondary N) is 1. The maximum Gasteiger partial charge on any atom is 0.255 e. The van der Waals surface area contributed by atoms with E-state index in [1.54, 1.807) is 12.1 Å². The van der Waals surface area contributed by atoms with Gasteiger partial charge in [0.1, 0.15) is 12.6 Å². The Hall–Kier alpha value is -2.65. The van der Waals surface area contributed by atoms with Gasteiger partial charge < -0.3 is 9.64 Å². The monoisotopic (exact) mass is 326 g/mol. The number of fused-ring (bicyclic) bond motifs is 1. The summed E-state index contributed by atoms with van der Waals surface area (Å²) >= 11 is 0. The first kappa shape index (κ1) is 16.2. The van der Waals surface area contributed by atoms with Crippen LogP contribution in [0.5, 0.6) is 0 Å². The molecule has 0 saturated carbocycles. The van der Waals surface area contributed by atoms with Crippen molar-refractivity contribution in [2.24, 2.45) is 0 Å². The van der Waals surface area contributed by atoms with Crippen molar-refractivity contribution in [1.29, 1.82) is 0 Å². The number of piperidine rings is 1. The van der Waals surface area contributed by atoms with Gasteiger partial charge >= 0.3 is 0 Å². The van der Waals surface area contributed by atoms with Gasteiger partial charge in [-0.05, 0) is 31.0 Å². The third kappa shape index (κ3) is 3.03. The molecular weight excluding hydrogens is 308 g/mol. The van der Waals surface area contributed by atoms with Gasteiger partial charge in [0.25, 0.3) is 5.91 Å². The first-order chi connectivity index (χ1) is 11.6. The van der Waals surface area contributed by atoms with E-state index in [1.165, 1.54) is 4.90 Å². The van der Waals surface area contributed by atoms with Crippen LogP contribution in [0.1, 0.15) is 41.3 Å². The van der Waals surface area contributed by atoms with E-state index in [1.807, 2.05) is 13.0 Å². The molecule has 0 bridgehead atoms. The van der Waals surface area contributed by atoms with Crippen molar-refractivity contribution in [3.8, 4) is 11.8 Å². The molecule has 0 aliphatic carbocycles. The van der Waals surface area contributed by atoms with Crippen LogP contribution in [-0.4, -0.2) is 41.9 Å². The molecule has 1 atom stereocenters. The van der Waals surface area contributed by atoms with Crippen molar-refractivity contribution < 1.29 is 19.1 Å². The number of amides is 3. The highest BCUT2D eigenvalue weighted by molar-refractivity contribution is 6.05. The zero-order valence-electron chi connectivity index (χ0n) is 13.4. The van der Waals surface area contributed by atoms with E-state index in [2.05, 4.69) is 17.2 Å². The van der Waals surface area contributed by atoms with Crippen molar-refractivity contribution in [2.45, 2.75) is 32.4 Å². The number of carbonyl (C=O) groups excluding carboxylic acids is 3. The summed E-state index contributed by atoms with van der Waals surface area (Å²) in [5.41, 5.74) is 2.18. The van der Waals surface area contributed by atoms with Crippen molar-refractivity contribution in [3.05, 3.63) is 34.9 Å². The number of rotatable bonds is 3. The predicted octanol–water partition coefficient (Wildman–Crippen LogP) is 0.836. The largest absolute Gasteiger partial charge is 0.369 e. The molecule has 6 heteroatoms. The minimum absolute atomic E-state index is 0.187. The lowest BCUT2D eigenvalue weighted by molar-refractivity contribution is -0.136. The zero-order chi connectivity index (χ0) is 17.1. The first-order valence-corrected chi connectivity index (χ1v) is 7.95. The lowest BCUT2D eigenvalue weighted by Crippen LogP contribution is -2.52. The van der Waals surface area contributed by atoms with Crippen molar-refractivity contribution in [3.63, 3.8) is 0 Å². The Morgan fingerprint density at radius 2 is 2.17 bits per heavy atom. The van der Waals surface area contributed by atoms with Crippen molar-refractivity contribution in [2.75, 3.05) is 13.2 Å². The summed E-state index contributed by atoms with van der Waals surface area (Å²) in [5, 5.41) is 2.30. The quantitative estimate of drug-likeness (QED) is 0.507. The van der Waals surface area contributed by atoms with Crippen molar-refractivity contribution in [1.82, 2.24) is 10.2 Å². The van der Waals surface area contributed by atoms with Gasteiger partial charge in [-0.25, -0.2) is 0 Å². The topological polar surface area (TPSA) is 75.7 Å². The minimum atomic E-state index is -0.605. The molecule has 0 aromatic heterocycles. The molecule has 1 unspecified atom stereocenters. The Labute approximate surface area is 140 Å². The van der Waals surface area contributed by atoms with Crippen LogP contribution in [0.25, 0.3) is 0 Å². The number of nitrogens with zero attached hydrogens (tertiary/aromatic N) is 1. The molecule has 2 aliphatic heterocycles. The Morgan fingerprint density at radius 3 is 2.92 bits per heavy atom.